The molecule has 2 aromatic heterocycles. The topological polar surface area (TPSA) is 83.9 Å². The predicted octanol–water partition coefficient (Wildman–Crippen LogP) is 2.34. The number of amides is 1. The molecule has 0 fully saturated rings. The molecule has 1 amide bonds. The van der Waals surface area contributed by atoms with E-state index in [-0.39, 0.29) is 17.7 Å². The van der Waals surface area contributed by atoms with Crippen LogP contribution in [0.3, 0.4) is 0 Å². The molecular formula is C17H25N5O2. The Morgan fingerprint density at radius 2 is 2.00 bits per heavy atom. The smallest absolute Gasteiger partial charge is 0.224 e. The van der Waals surface area contributed by atoms with Gasteiger partial charge in [0.25, 0.3) is 0 Å². The van der Waals surface area contributed by atoms with E-state index < -0.39 is 0 Å². The molecule has 0 aliphatic rings. The highest BCUT2D eigenvalue weighted by atomic mass is 16.2. The minimum Gasteiger partial charge on any atom is -0.345 e. The van der Waals surface area contributed by atoms with Crippen LogP contribution in [-0.2, 0) is 11.3 Å². The quantitative estimate of drug-likeness (QED) is 0.824. The molecular weight excluding hydrogens is 306 g/mol. The van der Waals surface area contributed by atoms with Crippen LogP contribution < -0.4 is 0 Å². The van der Waals surface area contributed by atoms with Crippen LogP contribution in [0.15, 0.2) is 6.20 Å². The van der Waals surface area contributed by atoms with Crippen molar-refractivity contribution in [3.8, 4) is 0 Å². The molecule has 2 aromatic rings. The zero-order valence-corrected chi connectivity index (χ0v) is 15.2. The van der Waals surface area contributed by atoms with E-state index in [1.54, 1.807) is 22.8 Å². The third-order valence-corrected chi connectivity index (χ3v) is 4.13. The fraction of sp³-hybridized carbons (Fsp3) is 0.529. The Balaban J connectivity index is 2.06. The van der Waals surface area contributed by atoms with Crippen LogP contribution in [0.5, 0.6) is 0 Å². The molecule has 0 saturated heterocycles. The van der Waals surface area contributed by atoms with E-state index >= 15 is 0 Å². The number of aryl methyl sites for hydroxylation is 2. The maximum absolute atomic E-state index is 12.5. The molecule has 0 aliphatic carbocycles. The van der Waals surface area contributed by atoms with Gasteiger partial charge in [-0.25, -0.2) is 4.98 Å². The number of aromatic amines is 1. The number of hydrogen-bond acceptors (Lipinski definition) is 4. The molecule has 1 unspecified atom stereocenters. The van der Waals surface area contributed by atoms with Crippen LogP contribution in [0, 0.1) is 20.8 Å². The van der Waals surface area contributed by atoms with Gasteiger partial charge in [-0.3, -0.25) is 14.3 Å². The van der Waals surface area contributed by atoms with E-state index in [2.05, 4.69) is 15.1 Å². The largest absolute Gasteiger partial charge is 0.345 e. The molecule has 0 aliphatic heterocycles. The number of hydrogen-bond donors (Lipinski definition) is 1. The second-order valence-electron chi connectivity index (χ2n) is 6.36. The normalized spacial score (nSPS) is 12.2. The number of H-pyrrole nitrogens is 1. The first kappa shape index (κ1) is 17.9. The van der Waals surface area contributed by atoms with Crippen LogP contribution in [0.2, 0.25) is 0 Å². The highest BCUT2D eigenvalue weighted by molar-refractivity contribution is 5.96. The van der Waals surface area contributed by atoms with E-state index in [9.17, 15) is 9.59 Å². The summed E-state index contributed by atoms with van der Waals surface area (Å²) in [5.74, 6) is 0.773. The molecule has 24 heavy (non-hydrogen) atoms. The van der Waals surface area contributed by atoms with Gasteiger partial charge >= 0.3 is 0 Å². The van der Waals surface area contributed by atoms with Crippen molar-refractivity contribution in [3.63, 3.8) is 0 Å². The first-order valence-corrected chi connectivity index (χ1v) is 8.01. The number of rotatable bonds is 6. The van der Waals surface area contributed by atoms with E-state index in [4.69, 9.17) is 0 Å². The van der Waals surface area contributed by atoms with Crippen molar-refractivity contribution in [1.82, 2.24) is 24.6 Å². The highest BCUT2D eigenvalue weighted by Gasteiger charge is 2.21. The number of nitrogens with one attached hydrogen (secondary N) is 1. The highest BCUT2D eigenvalue weighted by Crippen LogP contribution is 2.20. The molecule has 7 nitrogen and oxygen atoms in total. The van der Waals surface area contributed by atoms with E-state index in [1.165, 1.54) is 6.92 Å². The number of ketones is 1. The van der Waals surface area contributed by atoms with Crippen molar-refractivity contribution in [2.24, 2.45) is 0 Å². The molecule has 2 rings (SSSR count). The molecule has 2 heterocycles. The minimum atomic E-state index is -0.120. The molecule has 0 bridgehead atoms. The molecule has 7 heteroatoms. The number of aromatic nitrogens is 4. The number of Topliss-reactive ketones (excluding diaryl/α,β-unsaturated/α-hetero) is 1. The van der Waals surface area contributed by atoms with Gasteiger partial charge in [-0.05, 0) is 34.6 Å². The monoisotopic (exact) mass is 331 g/mol. The molecule has 1 atom stereocenters. The van der Waals surface area contributed by atoms with Crippen molar-refractivity contribution >= 4 is 11.7 Å². The van der Waals surface area contributed by atoms with Gasteiger partial charge < -0.3 is 9.88 Å². The van der Waals surface area contributed by atoms with Gasteiger partial charge in [0.2, 0.25) is 5.91 Å². The van der Waals surface area contributed by atoms with Gasteiger partial charge in [0.05, 0.1) is 23.8 Å². The summed E-state index contributed by atoms with van der Waals surface area (Å²) in [6.07, 6.45) is 2.06. The van der Waals surface area contributed by atoms with Crippen LogP contribution in [0.25, 0.3) is 0 Å². The summed E-state index contributed by atoms with van der Waals surface area (Å²) in [6, 6.07) is -0.120. The average Bonchev–Trinajstić information content (AvgIpc) is 3.01. The SMILES string of the molecule is CC(=O)c1c(C)nn(C(C)CC(=O)N(C)Cc2ncc(C)[nH]2)c1C. The van der Waals surface area contributed by atoms with Crippen LogP contribution in [0.1, 0.15) is 59.6 Å². The molecule has 1 N–H and O–H groups in total. The third-order valence-electron chi connectivity index (χ3n) is 4.13. The standard InChI is InChI=1S/C17H25N5O2/c1-10-8-18-15(19-10)9-21(6)16(24)7-11(2)22-13(4)17(14(5)23)12(3)20-22/h8,11H,7,9H2,1-6H3,(H,18,19). The Bertz CT molecular complexity index is 759. The van der Waals surface area contributed by atoms with Crippen molar-refractivity contribution in [3.05, 3.63) is 34.7 Å². The van der Waals surface area contributed by atoms with Crippen LogP contribution in [-0.4, -0.2) is 43.4 Å². The Kier molecular flexibility index (Phi) is 5.21. The number of carbonyl (C=O) groups is 2. The van der Waals surface area contributed by atoms with Gasteiger partial charge in [0, 0.05) is 31.1 Å². The summed E-state index contributed by atoms with van der Waals surface area (Å²) in [5.41, 5.74) is 3.13. The third kappa shape index (κ3) is 3.72. The predicted molar refractivity (Wildman–Crippen MR) is 90.8 cm³/mol. The van der Waals surface area contributed by atoms with E-state index in [0.29, 0.717) is 24.2 Å². The first-order valence-electron chi connectivity index (χ1n) is 8.01. The second kappa shape index (κ2) is 6.98. The number of nitrogens with zero attached hydrogens (tertiary/aromatic N) is 4. The summed E-state index contributed by atoms with van der Waals surface area (Å²) >= 11 is 0. The van der Waals surface area contributed by atoms with E-state index in [1.807, 2.05) is 27.7 Å². The lowest BCUT2D eigenvalue weighted by Gasteiger charge is -2.20. The minimum absolute atomic E-state index is 0.0000776. The van der Waals surface area contributed by atoms with Gasteiger partial charge in [-0.2, -0.15) is 5.10 Å². The molecule has 0 spiro atoms. The maximum atomic E-state index is 12.5. The summed E-state index contributed by atoms with van der Waals surface area (Å²) in [5, 5.41) is 4.44. The Morgan fingerprint density at radius 3 is 2.50 bits per heavy atom. The zero-order chi connectivity index (χ0) is 18.0. The van der Waals surface area contributed by atoms with Crippen molar-refractivity contribution in [1.29, 1.82) is 0 Å². The van der Waals surface area contributed by atoms with Crippen molar-refractivity contribution in [2.45, 2.75) is 53.6 Å². The Morgan fingerprint density at radius 1 is 1.33 bits per heavy atom. The maximum Gasteiger partial charge on any atom is 0.224 e. The fourth-order valence-electron chi connectivity index (χ4n) is 2.96. The lowest BCUT2D eigenvalue weighted by molar-refractivity contribution is -0.131. The molecule has 0 radical (unpaired) electrons. The molecule has 130 valence electrons. The van der Waals surface area contributed by atoms with Gasteiger partial charge in [0.15, 0.2) is 5.78 Å². The summed E-state index contributed by atoms with van der Waals surface area (Å²) in [6.45, 7) is 9.53. The van der Waals surface area contributed by atoms with Crippen LogP contribution >= 0.6 is 0 Å². The fourth-order valence-corrected chi connectivity index (χ4v) is 2.96. The summed E-state index contributed by atoms with van der Waals surface area (Å²) in [4.78, 5) is 33.2. The van der Waals surface area contributed by atoms with Gasteiger partial charge in [-0.1, -0.05) is 0 Å². The zero-order valence-electron chi connectivity index (χ0n) is 15.2. The lowest BCUT2D eigenvalue weighted by Crippen LogP contribution is -2.29. The summed E-state index contributed by atoms with van der Waals surface area (Å²) < 4.78 is 1.77. The number of carbonyl (C=O) groups excluding carboxylic acids is 2. The Hall–Kier alpha value is -2.44. The molecule has 0 saturated carbocycles. The summed E-state index contributed by atoms with van der Waals surface area (Å²) in [7, 11) is 1.76. The van der Waals surface area contributed by atoms with Gasteiger partial charge in [0.1, 0.15) is 5.82 Å². The lowest BCUT2D eigenvalue weighted by atomic mass is 10.1. The first-order chi connectivity index (χ1) is 11.2. The van der Waals surface area contributed by atoms with Crippen LogP contribution in [0.4, 0.5) is 0 Å². The van der Waals surface area contributed by atoms with E-state index in [0.717, 1.165) is 17.2 Å². The average molecular weight is 331 g/mol. The number of imidazole rings is 1. The second-order valence-corrected chi connectivity index (χ2v) is 6.36. The van der Waals surface area contributed by atoms with Gasteiger partial charge in [-0.15, -0.1) is 0 Å². The van der Waals surface area contributed by atoms with Crippen molar-refractivity contribution in [2.75, 3.05) is 7.05 Å². The molecule has 0 aromatic carbocycles. The van der Waals surface area contributed by atoms with Crippen molar-refractivity contribution < 1.29 is 9.59 Å². The Labute approximate surface area is 142 Å².